The standard InChI is InChI=1S/C26H40N4O7S/c1-25(2,3)37-24(34)27-19-11-8-6-4-5-7-10-17-16-26(17,23(33)29-38(35,36)18-13-14-18)28-21(31)20-12-9-15-30(20)22(19)32/h7,10,17-20H,4-6,8-9,11-16H2,1-3H3,(H,27,34)(H,28,31)(H,29,33)/t17-,19+,20+,26-/m1/s1. The lowest BCUT2D eigenvalue weighted by molar-refractivity contribution is -0.141. The van der Waals surface area contributed by atoms with Gasteiger partial charge in [-0.15, -0.1) is 0 Å². The van der Waals surface area contributed by atoms with Gasteiger partial charge in [0.25, 0.3) is 5.91 Å². The van der Waals surface area contributed by atoms with E-state index in [1.807, 2.05) is 12.2 Å². The van der Waals surface area contributed by atoms with Crippen LogP contribution in [-0.2, 0) is 29.1 Å². The third-order valence-electron chi connectivity index (χ3n) is 7.52. The quantitative estimate of drug-likeness (QED) is 0.451. The Bertz CT molecular complexity index is 1100. The van der Waals surface area contributed by atoms with Crippen molar-refractivity contribution in [1.29, 1.82) is 0 Å². The molecule has 2 aliphatic heterocycles. The fourth-order valence-corrected chi connectivity index (χ4v) is 6.59. The van der Waals surface area contributed by atoms with Crippen LogP contribution in [0, 0.1) is 5.92 Å². The number of nitrogens with zero attached hydrogens (tertiary/aromatic N) is 1. The van der Waals surface area contributed by atoms with Gasteiger partial charge in [-0.3, -0.25) is 19.1 Å². The van der Waals surface area contributed by atoms with Gasteiger partial charge in [-0.05, 0) is 72.1 Å². The Kier molecular flexibility index (Phi) is 8.11. The normalized spacial score (nSPS) is 30.7. The van der Waals surface area contributed by atoms with Gasteiger partial charge in [-0.25, -0.2) is 13.2 Å². The molecular formula is C26H40N4O7S. The third kappa shape index (κ3) is 6.68. The highest BCUT2D eigenvalue weighted by molar-refractivity contribution is 7.91. The average molecular weight is 553 g/mol. The molecule has 2 heterocycles. The van der Waals surface area contributed by atoms with Crippen molar-refractivity contribution in [2.75, 3.05) is 6.54 Å². The van der Waals surface area contributed by atoms with Crippen molar-refractivity contribution < 1.29 is 32.3 Å². The van der Waals surface area contributed by atoms with Crippen LogP contribution in [0.5, 0.6) is 0 Å². The lowest BCUT2D eigenvalue weighted by atomic mass is 10.0. The van der Waals surface area contributed by atoms with Gasteiger partial charge in [0.05, 0.1) is 5.25 Å². The third-order valence-corrected chi connectivity index (χ3v) is 9.34. The SMILES string of the molecule is CC(C)(C)OC(=O)N[C@H]1CCCCCC=C[C@@H]2C[C@@]2(C(=O)NS(=O)(=O)C2CC2)NC(=O)[C@@H]2CCCN2C1=O. The van der Waals surface area contributed by atoms with E-state index in [1.54, 1.807) is 20.8 Å². The van der Waals surface area contributed by atoms with Crippen molar-refractivity contribution in [3.8, 4) is 0 Å². The maximum Gasteiger partial charge on any atom is 0.408 e. The molecule has 4 rings (SSSR count). The first-order valence-corrected chi connectivity index (χ1v) is 15.2. The van der Waals surface area contributed by atoms with Crippen LogP contribution in [-0.4, -0.2) is 72.2 Å². The maximum atomic E-state index is 13.6. The van der Waals surface area contributed by atoms with Crippen LogP contribution in [0.2, 0.25) is 0 Å². The molecule has 0 unspecified atom stereocenters. The summed E-state index contributed by atoms with van der Waals surface area (Å²) in [7, 11) is -3.78. The molecule has 12 heteroatoms. The number of alkyl carbamates (subject to hydrolysis) is 1. The minimum atomic E-state index is -3.78. The van der Waals surface area contributed by atoms with Crippen molar-refractivity contribution in [3.05, 3.63) is 12.2 Å². The molecule has 0 radical (unpaired) electrons. The first-order valence-electron chi connectivity index (χ1n) is 13.7. The maximum absolute atomic E-state index is 13.6. The Balaban J connectivity index is 1.54. The van der Waals surface area contributed by atoms with Crippen molar-refractivity contribution in [1.82, 2.24) is 20.3 Å². The van der Waals surface area contributed by atoms with Crippen molar-refractivity contribution >= 4 is 33.8 Å². The molecule has 2 saturated carbocycles. The van der Waals surface area contributed by atoms with Crippen LogP contribution < -0.4 is 15.4 Å². The van der Waals surface area contributed by atoms with E-state index in [2.05, 4.69) is 15.4 Å². The van der Waals surface area contributed by atoms with Crippen molar-refractivity contribution in [3.63, 3.8) is 0 Å². The number of ether oxygens (including phenoxy) is 1. The molecule has 0 spiro atoms. The summed E-state index contributed by atoms with van der Waals surface area (Å²) in [6.45, 7) is 5.58. The molecule has 3 N–H and O–H groups in total. The van der Waals surface area contributed by atoms with Gasteiger partial charge >= 0.3 is 6.09 Å². The Labute approximate surface area is 224 Å². The van der Waals surface area contributed by atoms with Crippen molar-refractivity contribution in [2.45, 2.75) is 113 Å². The zero-order chi connectivity index (χ0) is 27.7. The minimum Gasteiger partial charge on any atom is -0.444 e. The highest BCUT2D eigenvalue weighted by Crippen LogP contribution is 2.46. The first kappa shape index (κ1) is 28.4. The lowest BCUT2D eigenvalue weighted by Gasteiger charge is -2.30. The number of hydrogen-bond donors (Lipinski definition) is 3. The number of rotatable bonds is 4. The molecule has 0 bridgehead atoms. The molecule has 0 aromatic rings. The largest absolute Gasteiger partial charge is 0.444 e. The van der Waals surface area contributed by atoms with Gasteiger partial charge in [-0.2, -0.15) is 0 Å². The fraction of sp³-hybridized carbons (Fsp3) is 0.769. The van der Waals surface area contributed by atoms with E-state index in [4.69, 9.17) is 4.74 Å². The zero-order valence-electron chi connectivity index (χ0n) is 22.5. The summed E-state index contributed by atoms with van der Waals surface area (Å²) in [5.41, 5.74) is -2.08. The molecule has 212 valence electrons. The summed E-state index contributed by atoms with van der Waals surface area (Å²) in [6.07, 6.45) is 9.05. The molecule has 4 amide bonds. The zero-order valence-corrected chi connectivity index (χ0v) is 23.3. The van der Waals surface area contributed by atoms with Crippen LogP contribution >= 0.6 is 0 Å². The summed E-state index contributed by atoms with van der Waals surface area (Å²) in [5.74, 6) is -1.89. The van der Waals surface area contributed by atoms with Gasteiger partial charge < -0.3 is 20.3 Å². The molecule has 0 aromatic carbocycles. The van der Waals surface area contributed by atoms with Gasteiger partial charge in [-0.1, -0.05) is 25.0 Å². The molecular weight excluding hydrogens is 512 g/mol. The Morgan fingerprint density at radius 3 is 2.50 bits per heavy atom. The summed E-state index contributed by atoms with van der Waals surface area (Å²) >= 11 is 0. The van der Waals surface area contributed by atoms with Crippen LogP contribution in [0.4, 0.5) is 4.79 Å². The van der Waals surface area contributed by atoms with Crippen LogP contribution in [0.15, 0.2) is 12.2 Å². The van der Waals surface area contributed by atoms with E-state index < -0.39 is 56.4 Å². The number of nitrogens with one attached hydrogen (secondary N) is 3. The summed E-state index contributed by atoms with van der Waals surface area (Å²) in [6, 6.07) is -1.65. The van der Waals surface area contributed by atoms with Crippen molar-refractivity contribution in [2.24, 2.45) is 5.92 Å². The predicted octanol–water partition coefficient (Wildman–Crippen LogP) is 1.87. The number of hydrogen-bond acceptors (Lipinski definition) is 7. The molecule has 4 atom stereocenters. The van der Waals surface area contributed by atoms with Crippen LogP contribution in [0.1, 0.15) is 85.0 Å². The van der Waals surface area contributed by atoms with Gasteiger partial charge in [0.1, 0.15) is 23.2 Å². The Morgan fingerprint density at radius 1 is 1.08 bits per heavy atom. The van der Waals surface area contributed by atoms with E-state index in [1.165, 1.54) is 4.90 Å². The van der Waals surface area contributed by atoms with Crippen LogP contribution in [0.3, 0.4) is 0 Å². The highest BCUT2D eigenvalue weighted by atomic mass is 32.2. The summed E-state index contributed by atoms with van der Waals surface area (Å²) < 4.78 is 32.5. The van der Waals surface area contributed by atoms with E-state index in [-0.39, 0.29) is 11.8 Å². The average Bonchev–Trinajstić information content (AvgIpc) is 3.72. The first-order chi connectivity index (χ1) is 17.8. The molecule has 4 aliphatic rings. The second-order valence-electron chi connectivity index (χ2n) is 11.9. The second-order valence-corrected chi connectivity index (χ2v) is 13.9. The lowest BCUT2D eigenvalue weighted by Crippen LogP contribution is -2.58. The number of amides is 4. The molecule has 3 fully saturated rings. The van der Waals surface area contributed by atoms with E-state index >= 15 is 0 Å². The molecule has 11 nitrogen and oxygen atoms in total. The summed E-state index contributed by atoms with van der Waals surface area (Å²) in [4.78, 5) is 54.3. The van der Waals surface area contributed by atoms with Gasteiger partial charge in [0, 0.05) is 12.5 Å². The minimum absolute atomic E-state index is 0.296. The number of fused-ring (bicyclic) bond motifs is 2. The Morgan fingerprint density at radius 2 is 1.82 bits per heavy atom. The molecule has 38 heavy (non-hydrogen) atoms. The number of sulfonamides is 1. The topological polar surface area (TPSA) is 151 Å². The number of allylic oxidation sites excluding steroid dienone is 1. The van der Waals surface area contributed by atoms with Gasteiger partial charge in [0.15, 0.2) is 0 Å². The second kappa shape index (κ2) is 10.9. The molecule has 1 saturated heterocycles. The Hall–Kier alpha value is -2.63. The smallest absolute Gasteiger partial charge is 0.408 e. The molecule has 2 aliphatic carbocycles. The predicted molar refractivity (Wildman–Crippen MR) is 139 cm³/mol. The van der Waals surface area contributed by atoms with E-state index in [0.717, 1.165) is 19.3 Å². The van der Waals surface area contributed by atoms with Crippen LogP contribution in [0.25, 0.3) is 0 Å². The highest BCUT2D eigenvalue weighted by Gasteiger charge is 2.61. The van der Waals surface area contributed by atoms with E-state index in [0.29, 0.717) is 51.5 Å². The fourth-order valence-electron chi connectivity index (χ4n) is 5.23. The van der Waals surface area contributed by atoms with E-state index in [9.17, 15) is 27.6 Å². The number of carbonyl (C=O) groups excluding carboxylic acids is 4. The summed E-state index contributed by atoms with van der Waals surface area (Å²) in [5, 5.41) is 4.96. The molecule has 0 aromatic heterocycles. The number of carbonyl (C=O) groups is 4. The van der Waals surface area contributed by atoms with Gasteiger partial charge in [0.2, 0.25) is 21.8 Å². The monoisotopic (exact) mass is 552 g/mol.